The molecular formula is C11H14N6O. The van der Waals surface area contributed by atoms with Gasteiger partial charge in [-0.15, -0.1) is 5.10 Å². The van der Waals surface area contributed by atoms with Crippen LogP contribution in [-0.2, 0) is 4.74 Å². The second-order valence-electron chi connectivity index (χ2n) is 4.26. The van der Waals surface area contributed by atoms with Gasteiger partial charge in [-0.1, -0.05) is 0 Å². The van der Waals surface area contributed by atoms with E-state index < -0.39 is 0 Å². The number of aromatic nitrogens is 5. The van der Waals surface area contributed by atoms with E-state index in [1.165, 1.54) is 6.33 Å². The largest absolute Gasteiger partial charge is 0.373 e. The lowest BCUT2D eigenvalue weighted by Crippen LogP contribution is -2.24. The quantitative estimate of drug-likeness (QED) is 0.839. The molecule has 2 unspecified atom stereocenters. The van der Waals surface area contributed by atoms with Gasteiger partial charge in [-0.25, -0.2) is 14.6 Å². The van der Waals surface area contributed by atoms with Crippen LogP contribution in [0.1, 0.15) is 36.4 Å². The Morgan fingerprint density at radius 1 is 1.33 bits per heavy atom. The summed E-state index contributed by atoms with van der Waals surface area (Å²) in [6.45, 7) is 0. The molecule has 7 heteroatoms. The van der Waals surface area contributed by atoms with Gasteiger partial charge in [-0.2, -0.15) is 4.98 Å². The molecule has 2 N–H and O–H groups in total. The van der Waals surface area contributed by atoms with Crippen LogP contribution >= 0.6 is 0 Å². The van der Waals surface area contributed by atoms with Gasteiger partial charge in [-0.3, -0.25) is 0 Å². The number of ether oxygens (including phenoxy) is 1. The smallest absolute Gasteiger partial charge is 0.239 e. The topological polar surface area (TPSA) is 91.7 Å². The van der Waals surface area contributed by atoms with Gasteiger partial charge in [0, 0.05) is 25.1 Å². The zero-order chi connectivity index (χ0) is 12.5. The maximum absolute atomic E-state index is 5.69. The second-order valence-corrected chi connectivity index (χ2v) is 4.26. The van der Waals surface area contributed by atoms with Gasteiger partial charge < -0.3 is 10.5 Å². The minimum Gasteiger partial charge on any atom is -0.373 e. The van der Waals surface area contributed by atoms with Crippen molar-refractivity contribution in [2.24, 2.45) is 0 Å². The number of methoxy groups -OCH3 is 1. The van der Waals surface area contributed by atoms with E-state index in [4.69, 9.17) is 10.5 Å². The van der Waals surface area contributed by atoms with Crippen molar-refractivity contribution >= 4 is 5.95 Å². The molecule has 94 valence electrons. The Morgan fingerprint density at radius 2 is 2.11 bits per heavy atom. The number of hydrogen-bond donors (Lipinski definition) is 1. The molecule has 0 aliphatic carbocycles. The molecule has 2 aromatic rings. The molecule has 1 aliphatic heterocycles. The van der Waals surface area contributed by atoms with Crippen LogP contribution in [0, 0.1) is 0 Å². The molecular weight excluding hydrogens is 232 g/mol. The van der Waals surface area contributed by atoms with Crippen LogP contribution in [0.5, 0.6) is 0 Å². The van der Waals surface area contributed by atoms with Gasteiger partial charge >= 0.3 is 0 Å². The van der Waals surface area contributed by atoms with E-state index in [-0.39, 0.29) is 18.1 Å². The van der Waals surface area contributed by atoms with Crippen LogP contribution < -0.4 is 5.73 Å². The molecule has 2 aromatic heterocycles. The molecule has 7 nitrogen and oxygen atoms in total. The van der Waals surface area contributed by atoms with E-state index in [9.17, 15) is 0 Å². The first-order chi connectivity index (χ1) is 8.79. The molecule has 0 saturated carbocycles. The average Bonchev–Trinajstić information content (AvgIpc) is 2.80. The summed E-state index contributed by atoms with van der Waals surface area (Å²) in [4.78, 5) is 12.3. The molecule has 0 saturated heterocycles. The van der Waals surface area contributed by atoms with Crippen molar-refractivity contribution in [3.8, 4) is 0 Å². The van der Waals surface area contributed by atoms with Crippen LogP contribution in [0.15, 0.2) is 18.7 Å². The minimum absolute atomic E-state index is 0.0457. The number of rotatable bonds is 2. The van der Waals surface area contributed by atoms with Gasteiger partial charge in [0.15, 0.2) is 5.82 Å². The Labute approximate surface area is 104 Å². The molecule has 0 fully saturated rings. The number of fused-ring (bicyclic) bond motifs is 1. The van der Waals surface area contributed by atoms with Crippen LogP contribution in [0.3, 0.4) is 0 Å². The van der Waals surface area contributed by atoms with Crippen LogP contribution in [-0.4, -0.2) is 31.8 Å². The first-order valence-electron chi connectivity index (χ1n) is 5.79. The highest BCUT2D eigenvalue weighted by atomic mass is 16.5. The van der Waals surface area contributed by atoms with Crippen LogP contribution in [0.2, 0.25) is 0 Å². The first kappa shape index (κ1) is 11.1. The van der Waals surface area contributed by atoms with Gasteiger partial charge in [0.25, 0.3) is 0 Å². The Hall–Kier alpha value is -2.02. The number of nitrogen functional groups attached to an aromatic ring is 1. The number of nitrogens with zero attached hydrogens (tertiary/aromatic N) is 5. The summed E-state index contributed by atoms with van der Waals surface area (Å²) in [5.74, 6) is 1.05. The lowest BCUT2D eigenvalue weighted by molar-refractivity contribution is 0.0648. The van der Waals surface area contributed by atoms with Crippen molar-refractivity contribution in [1.29, 1.82) is 0 Å². The lowest BCUT2D eigenvalue weighted by Gasteiger charge is -2.27. The van der Waals surface area contributed by atoms with Gasteiger partial charge in [0.1, 0.15) is 12.4 Å². The van der Waals surface area contributed by atoms with Crippen LogP contribution in [0.4, 0.5) is 5.95 Å². The summed E-state index contributed by atoms with van der Waals surface area (Å²) in [6.07, 6.45) is 6.85. The normalized spacial score (nSPS) is 22.7. The molecule has 1 aliphatic rings. The van der Waals surface area contributed by atoms with Gasteiger partial charge in [0.05, 0.1) is 6.04 Å². The maximum Gasteiger partial charge on any atom is 0.239 e. The third-order valence-corrected chi connectivity index (χ3v) is 3.21. The molecule has 3 heterocycles. The van der Waals surface area contributed by atoms with Gasteiger partial charge in [-0.05, 0) is 12.8 Å². The summed E-state index contributed by atoms with van der Waals surface area (Å²) in [7, 11) is 1.67. The van der Waals surface area contributed by atoms with Crippen molar-refractivity contribution < 1.29 is 4.74 Å². The molecule has 0 radical (unpaired) electrons. The predicted molar refractivity (Wildman–Crippen MR) is 63.6 cm³/mol. The lowest BCUT2D eigenvalue weighted by atomic mass is 9.98. The summed E-state index contributed by atoms with van der Waals surface area (Å²) in [6, 6.07) is 0.0809. The van der Waals surface area contributed by atoms with Gasteiger partial charge in [0.2, 0.25) is 5.95 Å². The first-order valence-corrected chi connectivity index (χ1v) is 5.79. The summed E-state index contributed by atoms with van der Waals surface area (Å²) in [5.41, 5.74) is 6.70. The van der Waals surface area contributed by atoms with Crippen molar-refractivity contribution in [3.05, 3.63) is 30.1 Å². The highest BCUT2D eigenvalue weighted by Crippen LogP contribution is 2.35. The summed E-state index contributed by atoms with van der Waals surface area (Å²) < 4.78 is 7.23. The Balaban J connectivity index is 2.04. The number of nitrogens with two attached hydrogens (primary N) is 1. The summed E-state index contributed by atoms with van der Waals surface area (Å²) >= 11 is 0. The van der Waals surface area contributed by atoms with E-state index in [0.717, 1.165) is 24.2 Å². The standard InChI is InChI=1S/C11H14N6O/c1-18-9-3-2-8(7-4-13-6-14-5-7)17-10(9)15-11(12)16-17/h4-6,8-9H,2-3H2,1H3,(H2,12,16). The van der Waals surface area contributed by atoms with E-state index in [0.29, 0.717) is 0 Å². The monoisotopic (exact) mass is 246 g/mol. The average molecular weight is 246 g/mol. The molecule has 2 atom stereocenters. The molecule has 18 heavy (non-hydrogen) atoms. The zero-order valence-corrected chi connectivity index (χ0v) is 10.0. The molecule has 3 rings (SSSR count). The molecule has 0 aromatic carbocycles. The fourth-order valence-corrected chi connectivity index (χ4v) is 2.38. The fraction of sp³-hybridized carbons (Fsp3) is 0.455. The predicted octanol–water partition coefficient (Wildman–Crippen LogP) is 0.721. The van der Waals surface area contributed by atoms with Crippen molar-refractivity contribution in [1.82, 2.24) is 24.7 Å². The SMILES string of the molecule is COC1CCC(c2cncnc2)n2nc(N)nc21. The minimum atomic E-state index is -0.0457. The highest BCUT2D eigenvalue weighted by molar-refractivity contribution is 5.21. The van der Waals surface area contributed by atoms with E-state index in [1.807, 2.05) is 4.68 Å². The zero-order valence-electron chi connectivity index (χ0n) is 10.0. The highest BCUT2D eigenvalue weighted by Gasteiger charge is 2.31. The number of hydrogen-bond acceptors (Lipinski definition) is 6. The molecule has 0 bridgehead atoms. The second kappa shape index (κ2) is 4.34. The van der Waals surface area contributed by atoms with E-state index >= 15 is 0 Å². The van der Waals surface area contributed by atoms with Crippen molar-refractivity contribution in [2.75, 3.05) is 12.8 Å². The maximum atomic E-state index is 5.69. The summed E-state index contributed by atoms with van der Waals surface area (Å²) in [5, 5.41) is 4.25. The van der Waals surface area contributed by atoms with Crippen molar-refractivity contribution in [3.63, 3.8) is 0 Å². The van der Waals surface area contributed by atoms with Crippen LogP contribution in [0.25, 0.3) is 0 Å². The molecule has 0 amide bonds. The molecule has 0 spiro atoms. The van der Waals surface area contributed by atoms with E-state index in [2.05, 4.69) is 20.1 Å². The Kier molecular flexibility index (Phi) is 2.67. The third-order valence-electron chi connectivity index (χ3n) is 3.21. The van der Waals surface area contributed by atoms with E-state index in [1.54, 1.807) is 19.5 Å². The third kappa shape index (κ3) is 1.72. The fourth-order valence-electron chi connectivity index (χ4n) is 2.38. The van der Waals surface area contributed by atoms with Crippen molar-refractivity contribution in [2.45, 2.75) is 25.0 Å². The number of anilines is 1. The Bertz CT molecular complexity index is 540. The Morgan fingerprint density at radius 3 is 2.83 bits per heavy atom.